The van der Waals surface area contributed by atoms with Crippen LogP contribution in [0.2, 0.25) is 0 Å². The number of carbonyl (C=O) groups excluding carboxylic acids is 1. The first-order valence-corrected chi connectivity index (χ1v) is 10.3. The average Bonchev–Trinajstić information content (AvgIpc) is 2.65. The van der Waals surface area contributed by atoms with Gasteiger partial charge in [-0.1, -0.05) is 18.2 Å². The number of rotatable bonds is 10. The molecule has 0 bridgehead atoms. The van der Waals surface area contributed by atoms with Crippen LogP contribution in [-0.2, 0) is 20.6 Å². The molecule has 158 valence electrons. The summed E-state index contributed by atoms with van der Waals surface area (Å²) in [6, 6.07) is 8.08. The first-order chi connectivity index (χ1) is 13.4. The minimum atomic E-state index is -0.465. The van der Waals surface area contributed by atoms with E-state index in [2.05, 4.69) is 11.4 Å². The maximum atomic E-state index is 11.6. The molecule has 1 amide bonds. The second-order valence-corrected chi connectivity index (χ2v) is 8.01. The minimum absolute atomic E-state index is 0.0786. The van der Waals surface area contributed by atoms with Gasteiger partial charge in [0.2, 0.25) is 0 Å². The fourth-order valence-electron chi connectivity index (χ4n) is 2.97. The highest BCUT2D eigenvalue weighted by Crippen LogP contribution is 2.20. The van der Waals surface area contributed by atoms with E-state index in [-0.39, 0.29) is 12.4 Å². The van der Waals surface area contributed by atoms with Crippen LogP contribution in [0.25, 0.3) is 0 Å². The van der Waals surface area contributed by atoms with Gasteiger partial charge in [0.1, 0.15) is 18.0 Å². The van der Waals surface area contributed by atoms with Crippen LogP contribution in [0, 0.1) is 0 Å². The van der Waals surface area contributed by atoms with Crippen molar-refractivity contribution in [3.05, 3.63) is 29.8 Å². The second-order valence-electron chi connectivity index (χ2n) is 8.01. The highest BCUT2D eigenvalue weighted by atomic mass is 16.7. The Balaban J connectivity index is 1.62. The normalized spacial score (nSPS) is 17.2. The second kappa shape index (κ2) is 11.9. The Labute approximate surface area is 168 Å². The van der Waals surface area contributed by atoms with Gasteiger partial charge in [0.25, 0.3) is 0 Å². The number of hydrogen-bond acceptors (Lipinski definition) is 5. The summed E-state index contributed by atoms with van der Waals surface area (Å²) in [5, 5.41) is 2.79. The molecule has 1 saturated heterocycles. The van der Waals surface area contributed by atoms with Crippen molar-refractivity contribution in [2.45, 2.75) is 71.2 Å². The third-order valence-electron chi connectivity index (χ3n) is 4.30. The highest BCUT2D eigenvalue weighted by molar-refractivity contribution is 5.67. The van der Waals surface area contributed by atoms with Crippen molar-refractivity contribution in [1.82, 2.24) is 5.32 Å². The lowest BCUT2D eigenvalue weighted by molar-refractivity contribution is -0.165. The van der Waals surface area contributed by atoms with E-state index in [1.54, 1.807) is 0 Å². The zero-order valence-corrected chi connectivity index (χ0v) is 17.5. The molecule has 1 heterocycles. The van der Waals surface area contributed by atoms with Gasteiger partial charge in [-0.05, 0) is 70.9 Å². The Bertz CT molecular complexity index is 579. The van der Waals surface area contributed by atoms with E-state index in [1.165, 1.54) is 5.56 Å². The summed E-state index contributed by atoms with van der Waals surface area (Å²) < 4.78 is 22.4. The quantitative estimate of drug-likeness (QED) is 0.595. The summed E-state index contributed by atoms with van der Waals surface area (Å²) in [5.74, 6) is 0.899. The van der Waals surface area contributed by atoms with Crippen molar-refractivity contribution in [3.63, 3.8) is 0 Å². The number of carbonyl (C=O) groups is 1. The van der Waals surface area contributed by atoms with E-state index >= 15 is 0 Å². The number of benzene rings is 1. The van der Waals surface area contributed by atoms with E-state index in [4.69, 9.17) is 18.9 Å². The number of unbranched alkanes of at least 4 members (excludes halogenated alkanes) is 1. The monoisotopic (exact) mass is 393 g/mol. The Morgan fingerprint density at radius 1 is 1.18 bits per heavy atom. The topological polar surface area (TPSA) is 66.0 Å². The SMILES string of the molecule is CC(C)(C)OC(=O)NCCCCc1ccccc1OCCOC1CCCCO1. The van der Waals surface area contributed by atoms with Crippen molar-refractivity contribution < 1.29 is 23.7 Å². The molecule has 0 spiro atoms. The predicted molar refractivity (Wildman–Crippen MR) is 109 cm³/mol. The number of para-hydroxylation sites is 1. The molecule has 6 heteroatoms. The lowest BCUT2D eigenvalue weighted by atomic mass is 10.1. The lowest BCUT2D eigenvalue weighted by Gasteiger charge is -2.22. The van der Waals surface area contributed by atoms with Gasteiger partial charge in [0.15, 0.2) is 6.29 Å². The Morgan fingerprint density at radius 3 is 2.75 bits per heavy atom. The molecular weight excluding hydrogens is 358 g/mol. The summed E-state index contributed by atoms with van der Waals surface area (Å²) in [7, 11) is 0. The molecule has 1 aromatic rings. The van der Waals surface area contributed by atoms with Gasteiger partial charge < -0.3 is 24.3 Å². The number of ether oxygens (including phenoxy) is 4. The van der Waals surface area contributed by atoms with Crippen molar-refractivity contribution >= 4 is 6.09 Å². The van der Waals surface area contributed by atoms with E-state index in [0.717, 1.165) is 50.9 Å². The molecule has 6 nitrogen and oxygen atoms in total. The highest BCUT2D eigenvalue weighted by Gasteiger charge is 2.15. The minimum Gasteiger partial charge on any atom is -0.491 e. The summed E-state index contributed by atoms with van der Waals surface area (Å²) in [4.78, 5) is 11.6. The third-order valence-corrected chi connectivity index (χ3v) is 4.30. The van der Waals surface area contributed by atoms with Crippen molar-refractivity contribution in [3.8, 4) is 5.75 Å². The standard InChI is InChI=1S/C22H35NO5/c1-22(2,3)28-21(24)23-14-8-6-11-18-10-4-5-12-19(18)25-16-17-27-20-13-7-9-15-26-20/h4-5,10,12,20H,6-9,11,13-17H2,1-3H3,(H,23,24). The van der Waals surface area contributed by atoms with Crippen LogP contribution in [0.1, 0.15) is 58.4 Å². The van der Waals surface area contributed by atoms with Crippen LogP contribution in [0.3, 0.4) is 0 Å². The van der Waals surface area contributed by atoms with E-state index in [9.17, 15) is 4.79 Å². The molecule has 28 heavy (non-hydrogen) atoms. The van der Waals surface area contributed by atoms with Crippen LogP contribution >= 0.6 is 0 Å². The molecule has 1 N–H and O–H groups in total. The van der Waals surface area contributed by atoms with Crippen LogP contribution in [0.5, 0.6) is 5.75 Å². The van der Waals surface area contributed by atoms with Crippen LogP contribution in [0.4, 0.5) is 4.79 Å². The summed E-state index contributed by atoms with van der Waals surface area (Å²) in [5.41, 5.74) is 0.710. The van der Waals surface area contributed by atoms with Gasteiger partial charge in [-0.2, -0.15) is 0 Å². The summed E-state index contributed by atoms with van der Waals surface area (Å²) in [6.07, 6.45) is 5.56. The first kappa shape index (κ1) is 22.5. The zero-order chi connectivity index (χ0) is 20.2. The molecule has 2 rings (SSSR count). The average molecular weight is 394 g/mol. The van der Waals surface area contributed by atoms with E-state index < -0.39 is 5.60 Å². The Morgan fingerprint density at radius 2 is 2.00 bits per heavy atom. The molecule has 1 fully saturated rings. The number of aryl methyl sites for hydroxylation is 1. The predicted octanol–water partition coefficient (Wildman–Crippen LogP) is 4.46. The van der Waals surface area contributed by atoms with Gasteiger partial charge in [-0.3, -0.25) is 0 Å². The molecule has 0 saturated carbocycles. The first-order valence-electron chi connectivity index (χ1n) is 10.3. The molecule has 0 aromatic heterocycles. The number of amides is 1. The molecule has 0 radical (unpaired) electrons. The number of hydrogen-bond donors (Lipinski definition) is 1. The molecule has 1 unspecified atom stereocenters. The van der Waals surface area contributed by atoms with Crippen molar-refractivity contribution in [2.75, 3.05) is 26.4 Å². The van der Waals surface area contributed by atoms with Crippen LogP contribution < -0.4 is 10.1 Å². The largest absolute Gasteiger partial charge is 0.491 e. The Kier molecular flexibility index (Phi) is 9.58. The lowest BCUT2D eigenvalue weighted by Crippen LogP contribution is -2.33. The number of nitrogens with one attached hydrogen (secondary N) is 1. The molecule has 1 aromatic carbocycles. The molecule has 1 aliphatic heterocycles. The van der Waals surface area contributed by atoms with Crippen molar-refractivity contribution in [2.24, 2.45) is 0 Å². The maximum Gasteiger partial charge on any atom is 0.407 e. The van der Waals surface area contributed by atoms with Gasteiger partial charge in [-0.15, -0.1) is 0 Å². The third kappa shape index (κ3) is 9.42. The fraction of sp³-hybridized carbons (Fsp3) is 0.682. The maximum absolute atomic E-state index is 11.6. The van der Waals surface area contributed by atoms with Gasteiger partial charge in [0, 0.05) is 13.2 Å². The summed E-state index contributed by atoms with van der Waals surface area (Å²) in [6.45, 7) is 8.00. The smallest absolute Gasteiger partial charge is 0.407 e. The van der Waals surface area contributed by atoms with E-state index in [0.29, 0.717) is 19.8 Å². The molecular formula is C22H35NO5. The van der Waals surface area contributed by atoms with Gasteiger partial charge >= 0.3 is 6.09 Å². The molecule has 1 aliphatic rings. The van der Waals surface area contributed by atoms with E-state index in [1.807, 2.05) is 39.0 Å². The van der Waals surface area contributed by atoms with Crippen LogP contribution in [-0.4, -0.2) is 44.3 Å². The van der Waals surface area contributed by atoms with Crippen molar-refractivity contribution in [1.29, 1.82) is 0 Å². The van der Waals surface area contributed by atoms with Crippen LogP contribution in [0.15, 0.2) is 24.3 Å². The summed E-state index contributed by atoms with van der Waals surface area (Å²) >= 11 is 0. The molecule has 1 atom stereocenters. The van der Waals surface area contributed by atoms with Gasteiger partial charge in [-0.25, -0.2) is 4.79 Å². The molecule has 0 aliphatic carbocycles. The van der Waals surface area contributed by atoms with Gasteiger partial charge in [0.05, 0.1) is 6.61 Å². The number of alkyl carbamates (subject to hydrolysis) is 1. The fourth-order valence-corrected chi connectivity index (χ4v) is 2.97. The zero-order valence-electron chi connectivity index (χ0n) is 17.5. The Hall–Kier alpha value is -1.79.